The molecule has 0 saturated heterocycles. The molecular weight excluding hydrogens is 248 g/mol. The highest BCUT2D eigenvalue weighted by atomic mass is 16.5. The zero-order valence-corrected chi connectivity index (χ0v) is 11.5. The van der Waals surface area contributed by atoms with Crippen LogP contribution < -0.4 is 0 Å². The van der Waals surface area contributed by atoms with E-state index in [-0.39, 0.29) is 0 Å². The molecular formula is C18H20O2. The Morgan fingerprint density at radius 1 is 0.950 bits per heavy atom. The molecule has 1 unspecified atom stereocenters. The minimum atomic E-state index is -0.529. The van der Waals surface area contributed by atoms with Gasteiger partial charge in [0.1, 0.15) is 6.10 Å². The number of aliphatic hydroxyl groups excluding tert-OH is 1. The van der Waals surface area contributed by atoms with E-state index in [0.29, 0.717) is 6.61 Å². The zero-order valence-electron chi connectivity index (χ0n) is 11.5. The monoisotopic (exact) mass is 268 g/mol. The summed E-state index contributed by atoms with van der Waals surface area (Å²) in [6.45, 7) is 1.18. The highest BCUT2D eigenvalue weighted by Gasteiger charge is 2.21. The Balaban J connectivity index is 1.60. The van der Waals surface area contributed by atoms with Gasteiger partial charge in [0.2, 0.25) is 0 Å². The maximum Gasteiger partial charge on any atom is 0.102 e. The first-order valence-electron chi connectivity index (χ1n) is 7.24. The average Bonchev–Trinajstić information content (AvgIpc) is 3.32. The summed E-state index contributed by atoms with van der Waals surface area (Å²) in [6.07, 6.45) is 2.03. The molecule has 2 heteroatoms. The van der Waals surface area contributed by atoms with Crippen LogP contribution in [0.3, 0.4) is 0 Å². The third-order valence-corrected chi connectivity index (χ3v) is 3.73. The van der Waals surface area contributed by atoms with Gasteiger partial charge in [-0.05, 0) is 35.4 Å². The number of rotatable bonds is 6. The summed E-state index contributed by atoms with van der Waals surface area (Å²) in [5.41, 5.74) is 3.28. The predicted molar refractivity (Wildman–Crippen MR) is 80.4 cm³/mol. The van der Waals surface area contributed by atoms with Crippen LogP contribution in [0.5, 0.6) is 0 Å². The van der Waals surface area contributed by atoms with Crippen LogP contribution >= 0.6 is 0 Å². The minimum Gasteiger partial charge on any atom is -0.386 e. The van der Waals surface area contributed by atoms with Gasteiger partial charge in [-0.3, -0.25) is 0 Å². The number of benzene rings is 2. The van der Waals surface area contributed by atoms with E-state index in [9.17, 15) is 5.11 Å². The quantitative estimate of drug-likeness (QED) is 0.863. The molecule has 0 bridgehead atoms. The van der Waals surface area contributed by atoms with E-state index in [4.69, 9.17) is 4.74 Å². The van der Waals surface area contributed by atoms with Gasteiger partial charge in [0.05, 0.1) is 6.61 Å². The minimum absolute atomic E-state index is 0.390. The summed E-state index contributed by atoms with van der Waals surface area (Å²) in [6, 6.07) is 18.3. The fraction of sp³-hybridized carbons (Fsp3) is 0.333. The van der Waals surface area contributed by atoms with Crippen molar-refractivity contribution in [3.63, 3.8) is 0 Å². The van der Waals surface area contributed by atoms with Gasteiger partial charge < -0.3 is 9.84 Å². The molecule has 1 saturated carbocycles. The Kier molecular flexibility index (Phi) is 4.14. The third kappa shape index (κ3) is 3.47. The van der Waals surface area contributed by atoms with E-state index >= 15 is 0 Å². The Bertz CT molecular complexity index is 529. The molecule has 1 N–H and O–H groups in total. The fourth-order valence-corrected chi connectivity index (χ4v) is 2.26. The molecule has 2 nitrogen and oxygen atoms in total. The summed E-state index contributed by atoms with van der Waals surface area (Å²) >= 11 is 0. The molecule has 0 aromatic heterocycles. The Hall–Kier alpha value is -1.64. The largest absolute Gasteiger partial charge is 0.386 e. The van der Waals surface area contributed by atoms with E-state index in [2.05, 4.69) is 24.3 Å². The van der Waals surface area contributed by atoms with Gasteiger partial charge in [0, 0.05) is 6.61 Å². The maximum absolute atomic E-state index is 10.1. The lowest BCUT2D eigenvalue weighted by atomic mass is 10.0. The SMILES string of the molecule is OC(COCC1CC1)c1ccc(-c2ccccc2)cc1. The van der Waals surface area contributed by atoms with Crippen molar-refractivity contribution < 1.29 is 9.84 Å². The number of hydrogen-bond acceptors (Lipinski definition) is 2. The molecule has 3 rings (SSSR count). The van der Waals surface area contributed by atoms with E-state index in [0.717, 1.165) is 18.1 Å². The number of hydrogen-bond donors (Lipinski definition) is 1. The van der Waals surface area contributed by atoms with Crippen LogP contribution in [0.15, 0.2) is 54.6 Å². The molecule has 0 amide bonds. The van der Waals surface area contributed by atoms with Crippen molar-refractivity contribution in [1.82, 2.24) is 0 Å². The lowest BCUT2D eigenvalue weighted by molar-refractivity contribution is 0.0315. The number of aliphatic hydroxyl groups is 1. The molecule has 0 spiro atoms. The Morgan fingerprint density at radius 2 is 1.60 bits per heavy atom. The van der Waals surface area contributed by atoms with Gasteiger partial charge >= 0.3 is 0 Å². The summed E-state index contributed by atoms with van der Waals surface area (Å²) in [5, 5.41) is 10.1. The molecule has 1 fully saturated rings. The van der Waals surface area contributed by atoms with Crippen molar-refractivity contribution in [3.05, 3.63) is 60.2 Å². The molecule has 0 aliphatic heterocycles. The lowest BCUT2D eigenvalue weighted by Gasteiger charge is -2.12. The van der Waals surface area contributed by atoms with Gasteiger partial charge in [0.25, 0.3) is 0 Å². The van der Waals surface area contributed by atoms with Crippen LogP contribution in [0, 0.1) is 5.92 Å². The summed E-state index contributed by atoms with van der Waals surface area (Å²) in [5.74, 6) is 0.739. The summed E-state index contributed by atoms with van der Waals surface area (Å²) in [7, 11) is 0. The van der Waals surface area contributed by atoms with Crippen molar-refractivity contribution in [2.75, 3.05) is 13.2 Å². The topological polar surface area (TPSA) is 29.5 Å². The second-order valence-electron chi connectivity index (χ2n) is 5.48. The second-order valence-corrected chi connectivity index (χ2v) is 5.48. The van der Waals surface area contributed by atoms with Gasteiger partial charge in [-0.1, -0.05) is 54.6 Å². The van der Waals surface area contributed by atoms with Crippen LogP contribution in [-0.4, -0.2) is 18.3 Å². The van der Waals surface area contributed by atoms with Crippen LogP contribution in [-0.2, 0) is 4.74 Å². The maximum atomic E-state index is 10.1. The van der Waals surface area contributed by atoms with Crippen molar-refractivity contribution in [1.29, 1.82) is 0 Å². The van der Waals surface area contributed by atoms with Gasteiger partial charge in [0.15, 0.2) is 0 Å². The summed E-state index contributed by atoms with van der Waals surface area (Å²) in [4.78, 5) is 0. The molecule has 1 atom stereocenters. The van der Waals surface area contributed by atoms with E-state index in [1.54, 1.807) is 0 Å². The van der Waals surface area contributed by atoms with Crippen LogP contribution in [0.25, 0.3) is 11.1 Å². The number of ether oxygens (including phenoxy) is 1. The molecule has 2 aromatic carbocycles. The lowest BCUT2D eigenvalue weighted by Crippen LogP contribution is -2.08. The highest BCUT2D eigenvalue weighted by molar-refractivity contribution is 5.63. The fourth-order valence-electron chi connectivity index (χ4n) is 2.26. The first kappa shape index (κ1) is 13.3. The van der Waals surface area contributed by atoms with Gasteiger partial charge in [-0.2, -0.15) is 0 Å². The van der Waals surface area contributed by atoms with Crippen molar-refractivity contribution in [2.24, 2.45) is 5.92 Å². The summed E-state index contributed by atoms with van der Waals surface area (Å²) < 4.78 is 5.54. The van der Waals surface area contributed by atoms with Gasteiger partial charge in [-0.25, -0.2) is 0 Å². The Labute approximate surface area is 120 Å². The molecule has 20 heavy (non-hydrogen) atoms. The molecule has 1 aliphatic carbocycles. The first-order valence-corrected chi connectivity index (χ1v) is 7.24. The molecule has 2 aromatic rings. The molecule has 104 valence electrons. The molecule has 1 aliphatic rings. The van der Waals surface area contributed by atoms with Crippen LogP contribution in [0.1, 0.15) is 24.5 Å². The first-order chi connectivity index (χ1) is 9.83. The third-order valence-electron chi connectivity index (χ3n) is 3.73. The molecule has 0 radical (unpaired) electrons. The van der Waals surface area contributed by atoms with Crippen LogP contribution in [0.4, 0.5) is 0 Å². The van der Waals surface area contributed by atoms with E-state index < -0.39 is 6.10 Å². The van der Waals surface area contributed by atoms with Crippen molar-refractivity contribution in [2.45, 2.75) is 18.9 Å². The van der Waals surface area contributed by atoms with Gasteiger partial charge in [-0.15, -0.1) is 0 Å². The van der Waals surface area contributed by atoms with E-state index in [1.165, 1.54) is 24.0 Å². The molecule has 0 heterocycles. The zero-order chi connectivity index (χ0) is 13.8. The van der Waals surface area contributed by atoms with Crippen molar-refractivity contribution in [3.8, 4) is 11.1 Å². The standard InChI is InChI=1S/C18H20O2/c19-18(13-20-12-14-6-7-14)17-10-8-16(9-11-17)15-4-2-1-3-5-15/h1-5,8-11,14,18-19H,6-7,12-13H2. The van der Waals surface area contributed by atoms with E-state index in [1.807, 2.05) is 30.3 Å². The highest BCUT2D eigenvalue weighted by Crippen LogP contribution is 2.29. The van der Waals surface area contributed by atoms with Crippen LogP contribution in [0.2, 0.25) is 0 Å². The second kappa shape index (κ2) is 6.21. The van der Waals surface area contributed by atoms with Crippen molar-refractivity contribution >= 4 is 0 Å². The average molecular weight is 268 g/mol. The normalized spacial score (nSPS) is 16.1. The predicted octanol–water partition coefficient (Wildman–Crippen LogP) is 3.81. The smallest absolute Gasteiger partial charge is 0.102 e. The Morgan fingerprint density at radius 3 is 2.25 bits per heavy atom.